The predicted octanol–water partition coefficient (Wildman–Crippen LogP) is 1.89. The number of nitrogens with one attached hydrogen (secondary N) is 1. The monoisotopic (exact) mass is 285 g/mol. The second-order valence-corrected chi connectivity index (χ2v) is 6.82. The number of rotatable bonds is 4. The molecule has 2 unspecified atom stereocenters. The van der Waals surface area contributed by atoms with E-state index in [1.807, 2.05) is 41.5 Å². The van der Waals surface area contributed by atoms with E-state index < -0.39 is 23.7 Å². The van der Waals surface area contributed by atoms with Crippen LogP contribution in [0.25, 0.3) is 0 Å². The van der Waals surface area contributed by atoms with Gasteiger partial charge in [0.1, 0.15) is 17.7 Å². The van der Waals surface area contributed by atoms with E-state index in [9.17, 15) is 9.59 Å². The number of amides is 1. The first-order chi connectivity index (χ1) is 9.11. The van der Waals surface area contributed by atoms with Gasteiger partial charge in [0.15, 0.2) is 0 Å². The molecule has 1 fully saturated rings. The van der Waals surface area contributed by atoms with E-state index in [2.05, 4.69) is 5.32 Å². The molecule has 3 atom stereocenters. The Balaban J connectivity index is 2.67. The van der Waals surface area contributed by atoms with Crippen LogP contribution in [0.5, 0.6) is 0 Å². The minimum absolute atomic E-state index is 0.0366. The van der Waals surface area contributed by atoms with Gasteiger partial charge in [-0.05, 0) is 39.0 Å². The van der Waals surface area contributed by atoms with Crippen LogP contribution in [-0.4, -0.2) is 36.2 Å². The summed E-state index contributed by atoms with van der Waals surface area (Å²) in [6.07, 6.45) is 0.412. The lowest BCUT2D eigenvalue weighted by Crippen LogP contribution is -2.51. The van der Waals surface area contributed by atoms with Crippen molar-refractivity contribution in [2.75, 3.05) is 6.61 Å². The number of carbonyl (C=O) groups excluding carboxylic acids is 2. The summed E-state index contributed by atoms with van der Waals surface area (Å²) >= 11 is 0. The molecule has 0 aromatic rings. The standard InChI is InChI=1S/C15H27NO4/c1-9(2)11(14(18)20-15(4,5)6)16-13(17)12-10(3)7-8-19-12/h9-12H,7-8H2,1-6H3,(H,16,17)/t10?,11-,12?/m0/s1. The van der Waals surface area contributed by atoms with Gasteiger partial charge in [0.2, 0.25) is 5.91 Å². The molecule has 1 saturated heterocycles. The molecule has 0 aromatic heterocycles. The molecule has 0 aromatic carbocycles. The molecular formula is C15H27NO4. The predicted molar refractivity (Wildman–Crippen MR) is 76.1 cm³/mol. The Kier molecular flexibility index (Phi) is 5.57. The quantitative estimate of drug-likeness (QED) is 0.801. The SMILES string of the molecule is CC1CCOC1C(=O)N[C@H](C(=O)OC(C)(C)C)C(C)C. The Hall–Kier alpha value is -1.10. The average molecular weight is 285 g/mol. The molecule has 0 spiro atoms. The van der Waals surface area contributed by atoms with E-state index in [0.717, 1.165) is 6.42 Å². The van der Waals surface area contributed by atoms with Gasteiger partial charge in [-0.2, -0.15) is 0 Å². The summed E-state index contributed by atoms with van der Waals surface area (Å²) in [5.74, 6) is -0.474. The number of ether oxygens (including phenoxy) is 2. The van der Waals surface area contributed by atoms with Crippen LogP contribution in [0, 0.1) is 11.8 Å². The zero-order chi connectivity index (χ0) is 15.5. The lowest BCUT2D eigenvalue weighted by Gasteiger charge is -2.27. The van der Waals surface area contributed by atoms with Crippen molar-refractivity contribution in [2.45, 2.75) is 65.7 Å². The van der Waals surface area contributed by atoms with Gasteiger partial charge in [0.05, 0.1) is 0 Å². The molecule has 0 radical (unpaired) electrons. The van der Waals surface area contributed by atoms with Gasteiger partial charge < -0.3 is 14.8 Å². The van der Waals surface area contributed by atoms with Gasteiger partial charge in [0.25, 0.3) is 0 Å². The molecule has 1 aliphatic heterocycles. The number of esters is 1. The van der Waals surface area contributed by atoms with Gasteiger partial charge in [0, 0.05) is 6.61 Å². The van der Waals surface area contributed by atoms with Crippen molar-refractivity contribution in [3.05, 3.63) is 0 Å². The van der Waals surface area contributed by atoms with Crippen molar-refractivity contribution in [2.24, 2.45) is 11.8 Å². The lowest BCUT2D eigenvalue weighted by atomic mass is 10.0. The minimum atomic E-state index is -0.641. The first-order valence-corrected chi connectivity index (χ1v) is 7.26. The first-order valence-electron chi connectivity index (χ1n) is 7.26. The highest BCUT2D eigenvalue weighted by molar-refractivity contribution is 5.87. The summed E-state index contributed by atoms with van der Waals surface area (Å²) in [5.41, 5.74) is -0.563. The van der Waals surface area contributed by atoms with Crippen LogP contribution in [-0.2, 0) is 19.1 Å². The zero-order valence-electron chi connectivity index (χ0n) is 13.4. The van der Waals surface area contributed by atoms with E-state index in [1.165, 1.54) is 0 Å². The van der Waals surface area contributed by atoms with E-state index in [4.69, 9.17) is 9.47 Å². The molecule has 1 N–H and O–H groups in total. The van der Waals surface area contributed by atoms with Crippen LogP contribution in [0.2, 0.25) is 0 Å². The second-order valence-electron chi connectivity index (χ2n) is 6.82. The van der Waals surface area contributed by atoms with Crippen LogP contribution in [0.1, 0.15) is 48.0 Å². The lowest BCUT2D eigenvalue weighted by molar-refractivity contribution is -0.160. The minimum Gasteiger partial charge on any atom is -0.458 e. The molecule has 5 nitrogen and oxygen atoms in total. The highest BCUT2D eigenvalue weighted by Crippen LogP contribution is 2.21. The molecule has 116 valence electrons. The molecule has 1 aliphatic rings. The number of carbonyl (C=O) groups is 2. The summed E-state index contributed by atoms with van der Waals surface area (Å²) in [5, 5.41) is 2.77. The van der Waals surface area contributed by atoms with Gasteiger partial charge in [-0.1, -0.05) is 20.8 Å². The number of hydrogen-bond acceptors (Lipinski definition) is 4. The third-order valence-electron chi connectivity index (χ3n) is 3.27. The van der Waals surface area contributed by atoms with Crippen molar-refractivity contribution in [3.63, 3.8) is 0 Å². The summed E-state index contributed by atoms with van der Waals surface area (Å²) in [4.78, 5) is 24.4. The third-order valence-corrected chi connectivity index (χ3v) is 3.27. The molecule has 1 rings (SSSR count). The van der Waals surface area contributed by atoms with Crippen molar-refractivity contribution < 1.29 is 19.1 Å². The van der Waals surface area contributed by atoms with E-state index in [1.54, 1.807) is 0 Å². The molecular weight excluding hydrogens is 258 g/mol. The Bertz CT molecular complexity index is 359. The van der Waals surface area contributed by atoms with Crippen LogP contribution >= 0.6 is 0 Å². The number of hydrogen-bond donors (Lipinski definition) is 1. The highest BCUT2D eigenvalue weighted by Gasteiger charge is 2.35. The Morgan fingerprint density at radius 3 is 2.30 bits per heavy atom. The van der Waals surface area contributed by atoms with Crippen molar-refractivity contribution in [1.82, 2.24) is 5.32 Å². The van der Waals surface area contributed by atoms with E-state index in [0.29, 0.717) is 6.61 Å². The van der Waals surface area contributed by atoms with Crippen LogP contribution in [0.3, 0.4) is 0 Å². The van der Waals surface area contributed by atoms with E-state index in [-0.39, 0.29) is 17.7 Å². The second kappa shape index (κ2) is 6.57. The highest BCUT2D eigenvalue weighted by atomic mass is 16.6. The Morgan fingerprint density at radius 2 is 1.90 bits per heavy atom. The van der Waals surface area contributed by atoms with Gasteiger partial charge >= 0.3 is 5.97 Å². The fourth-order valence-corrected chi connectivity index (χ4v) is 2.13. The Labute approximate surface area is 121 Å². The van der Waals surface area contributed by atoms with Crippen molar-refractivity contribution in [3.8, 4) is 0 Å². The zero-order valence-corrected chi connectivity index (χ0v) is 13.4. The maximum absolute atomic E-state index is 12.2. The molecule has 0 aliphatic carbocycles. The summed E-state index contributed by atoms with van der Waals surface area (Å²) in [6.45, 7) is 11.8. The maximum Gasteiger partial charge on any atom is 0.329 e. The normalized spacial score (nSPS) is 24.6. The van der Waals surface area contributed by atoms with E-state index >= 15 is 0 Å². The maximum atomic E-state index is 12.2. The van der Waals surface area contributed by atoms with Gasteiger partial charge in [-0.15, -0.1) is 0 Å². The molecule has 5 heteroatoms. The summed E-state index contributed by atoms with van der Waals surface area (Å²) < 4.78 is 10.8. The molecule has 1 amide bonds. The van der Waals surface area contributed by atoms with Crippen molar-refractivity contribution >= 4 is 11.9 Å². The Morgan fingerprint density at radius 1 is 1.30 bits per heavy atom. The smallest absolute Gasteiger partial charge is 0.329 e. The first kappa shape index (κ1) is 17.0. The van der Waals surface area contributed by atoms with Crippen LogP contribution < -0.4 is 5.32 Å². The van der Waals surface area contributed by atoms with Crippen LogP contribution in [0.4, 0.5) is 0 Å². The largest absolute Gasteiger partial charge is 0.458 e. The summed E-state index contributed by atoms with van der Waals surface area (Å²) in [7, 11) is 0. The van der Waals surface area contributed by atoms with Crippen LogP contribution in [0.15, 0.2) is 0 Å². The third kappa shape index (κ3) is 4.78. The molecule has 0 saturated carbocycles. The molecule has 20 heavy (non-hydrogen) atoms. The van der Waals surface area contributed by atoms with Crippen molar-refractivity contribution in [1.29, 1.82) is 0 Å². The summed E-state index contributed by atoms with van der Waals surface area (Å²) in [6, 6.07) is -0.641. The topological polar surface area (TPSA) is 64.6 Å². The molecule has 0 bridgehead atoms. The van der Waals surface area contributed by atoms with Gasteiger partial charge in [-0.25, -0.2) is 4.79 Å². The van der Waals surface area contributed by atoms with Gasteiger partial charge in [-0.3, -0.25) is 4.79 Å². The fourth-order valence-electron chi connectivity index (χ4n) is 2.13. The molecule has 1 heterocycles. The fraction of sp³-hybridized carbons (Fsp3) is 0.867. The average Bonchev–Trinajstić information content (AvgIpc) is 2.69.